The number of carbonyl (C=O) groups excluding carboxylic acids is 1. The fourth-order valence-corrected chi connectivity index (χ4v) is 2.15. The third kappa shape index (κ3) is 7.11. The molecule has 0 aliphatic carbocycles. The van der Waals surface area contributed by atoms with Gasteiger partial charge in [0.25, 0.3) is 0 Å². The van der Waals surface area contributed by atoms with Gasteiger partial charge in [0.15, 0.2) is 11.5 Å². The van der Waals surface area contributed by atoms with Crippen LogP contribution in [-0.2, 0) is 9.59 Å². The summed E-state index contributed by atoms with van der Waals surface area (Å²) < 4.78 is 15.7. The predicted octanol–water partition coefficient (Wildman–Crippen LogP) is 2.20. The molecule has 0 spiro atoms. The first-order valence-corrected chi connectivity index (χ1v) is 7.85. The molecule has 0 fully saturated rings. The number of benzene rings is 1. The predicted molar refractivity (Wildman–Crippen MR) is 92.6 cm³/mol. The molecule has 0 saturated heterocycles. The lowest BCUT2D eigenvalue weighted by Gasteiger charge is -2.12. The summed E-state index contributed by atoms with van der Waals surface area (Å²) in [4.78, 5) is 22.0. The largest absolute Gasteiger partial charge is 0.493 e. The van der Waals surface area contributed by atoms with E-state index < -0.39 is 5.97 Å². The van der Waals surface area contributed by atoms with Crippen molar-refractivity contribution in [2.45, 2.75) is 32.1 Å². The first-order chi connectivity index (χ1) is 12.0. The van der Waals surface area contributed by atoms with E-state index in [9.17, 15) is 9.59 Å². The highest BCUT2D eigenvalue weighted by Crippen LogP contribution is 2.37. The van der Waals surface area contributed by atoms with E-state index in [1.165, 1.54) is 27.5 Å². The van der Waals surface area contributed by atoms with Crippen molar-refractivity contribution in [3.8, 4) is 17.2 Å². The average molecular weight is 352 g/mol. The summed E-state index contributed by atoms with van der Waals surface area (Å²) >= 11 is 0. The Morgan fingerprint density at radius 2 is 1.64 bits per heavy atom. The fourth-order valence-electron chi connectivity index (χ4n) is 2.15. The van der Waals surface area contributed by atoms with E-state index in [0.717, 1.165) is 0 Å². The summed E-state index contributed by atoms with van der Waals surface area (Å²) in [6.07, 6.45) is 3.78. The molecule has 2 N–H and O–H groups in total. The van der Waals surface area contributed by atoms with E-state index in [0.29, 0.717) is 48.5 Å². The first kappa shape index (κ1) is 20.3. The van der Waals surface area contributed by atoms with E-state index in [4.69, 9.17) is 19.3 Å². The van der Waals surface area contributed by atoms with E-state index in [1.54, 1.807) is 12.1 Å². The molecule has 0 atom stereocenters. The molecule has 0 aromatic heterocycles. The van der Waals surface area contributed by atoms with Crippen LogP contribution in [0, 0.1) is 0 Å². The number of carboxylic acid groups (broad SMARTS) is 1. The van der Waals surface area contributed by atoms with Gasteiger partial charge in [0.2, 0.25) is 11.7 Å². The summed E-state index contributed by atoms with van der Waals surface area (Å²) in [7, 11) is 4.56. The molecule has 0 bridgehead atoms. The zero-order valence-corrected chi connectivity index (χ0v) is 14.7. The lowest BCUT2D eigenvalue weighted by Crippen LogP contribution is -2.17. The van der Waals surface area contributed by atoms with Crippen molar-refractivity contribution in [3.05, 3.63) is 17.7 Å². The quantitative estimate of drug-likeness (QED) is 0.359. The van der Waals surface area contributed by atoms with Crippen molar-refractivity contribution in [3.63, 3.8) is 0 Å². The number of carboxylic acids is 1. The molecule has 0 heterocycles. The molecule has 25 heavy (non-hydrogen) atoms. The highest BCUT2D eigenvalue weighted by atomic mass is 16.5. The van der Waals surface area contributed by atoms with Gasteiger partial charge in [-0.25, -0.2) is 5.43 Å². The highest BCUT2D eigenvalue weighted by Gasteiger charge is 2.12. The van der Waals surface area contributed by atoms with Gasteiger partial charge < -0.3 is 19.3 Å². The third-order valence-electron chi connectivity index (χ3n) is 3.38. The lowest BCUT2D eigenvalue weighted by molar-refractivity contribution is -0.137. The van der Waals surface area contributed by atoms with E-state index in [-0.39, 0.29) is 12.3 Å². The number of methoxy groups -OCH3 is 3. The number of rotatable bonds is 11. The molecule has 0 unspecified atom stereocenters. The SMILES string of the molecule is COc1cc(/C=N/NC(=O)CCCCCC(=O)O)cc(OC)c1OC. The average Bonchev–Trinajstić information content (AvgIpc) is 2.60. The van der Waals surface area contributed by atoms with Crippen molar-refractivity contribution >= 4 is 18.1 Å². The van der Waals surface area contributed by atoms with Crippen LogP contribution in [0.1, 0.15) is 37.7 Å². The van der Waals surface area contributed by atoms with Crippen LogP contribution in [0.4, 0.5) is 0 Å². The molecule has 8 nitrogen and oxygen atoms in total. The van der Waals surface area contributed by atoms with E-state index >= 15 is 0 Å². The summed E-state index contributed by atoms with van der Waals surface area (Å²) in [6.45, 7) is 0. The molecule has 138 valence electrons. The Balaban J connectivity index is 2.52. The number of amides is 1. The number of hydrogen-bond acceptors (Lipinski definition) is 6. The topological polar surface area (TPSA) is 106 Å². The standard InChI is InChI=1S/C17H24N2O6/c1-23-13-9-12(10-14(24-2)17(13)25-3)11-18-19-15(20)7-5-4-6-8-16(21)22/h9-11H,4-8H2,1-3H3,(H,19,20)(H,21,22)/b18-11+. The van der Waals surface area contributed by atoms with Crippen LogP contribution in [-0.4, -0.2) is 44.5 Å². The molecule has 0 saturated carbocycles. The van der Waals surface area contributed by atoms with Gasteiger partial charge in [-0.1, -0.05) is 6.42 Å². The van der Waals surface area contributed by atoms with Crippen LogP contribution in [0.5, 0.6) is 17.2 Å². The minimum absolute atomic E-state index is 0.126. The number of unbranched alkanes of at least 4 members (excludes halogenated alkanes) is 2. The van der Waals surface area contributed by atoms with Gasteiger partial charge in [-0.3, -0.25) is 9.59 Å². The van der Waals surface area contributed by atoms with Crippen LogP contribution in [0.2, 0.25) is 0 Å². The molecule has 0 radical (unpaired) electrons. The Kier molecular flexibility index (Phi) is 8.84. The van der Waals surface area contributed by atoms with Gasteiger partial charge in [-0.05, 0) is 25.0 Å². The molecule has 0 aliphatic rings. The second-order valence-electron chi connectivity index (χ2n) is 5.21. The van der Waals surface area contributed by atoms with Crippen LogP contribution >= 0.6 is 0 Å². The Hall–Kier alpha value is -2.77. The monoisotopic (exact) mass is 352 g/mol. The number of hydrogen-bond donors (Lipinski definition) is 2. The number of hydrazone groups is 1. The van der Waals surface area contributed by atoms with Crippen LogP contribution < -0.4 is 19.6 Å². The number of nitrogens with zero attached hydrogens (tertiary/aromatic N) is 1. The van der Waals surface area contributed by atoms with Crippen molar-refractivity contribution in [2.75, 3.05) is 21.3 Å². The van der Waals surface area contributed by atoms with Gasteiger partial charge in [-0.15, -0.1) is 0 Å². The first-order valence-electron chi connectivity index (χ1n) is 7.85. The maximum atomic E-state index is 11.7. The molecule has 1 rings (SSSR count). The van der Waals surface area contributed by atoms with Crippen LogP contribution in [0.15, 0.2) is 17.2 Å². The molecule has 8 heteroatoms. The van der Waals surface area contributed by atoms with Gasteiger partial charge in [0.05, 0.1) is 27.5 Å². The third-order valence-corrected chi connectivity index (χ3v) is 3.38. The number of nitrogens with one attached hydrogen (secondary N) is 1. The second-order valence-corrected chi connectivity index (χ2v) is 5.21. The fraction of sp³-hybridized carbons (Fsp3) is 0.471. The highest BCUT2D eigenvalue weighted by molar-refractivity contribution is 5.84. The minimum atomic E-state index is -0.820. The second kappa shape index (κ2) is 10.9. The van der Waals surface area contributed by atoms with E-state index in [1.807, 2.05) is 0 Å². The van der Waals surface area contributed by atoms with Crippen molar-refractivity contribution in [2.24, 2.45) is 5.10 Å². The lowest BCUT2D eigenvalue weighted by atomic mass is 10.1. The summed E-state index contributed by atoms with van der Waals surface area (Å²) in [6, 6.07) is 3.42. The molecular formula is C17H24N2O6. The van der Waals surface area contributed by atoms with Gasteiger partial charge in [-0.2, -0.15) is 5.10 Å². The maximum absolute atomic E-state index is 11.7. The maximum Gasteiger partial charge on any atom is 0.303 e. The summed E-state index contributed by atoms with van der Waals surface area (Å²) in [5, 5.41) is 12.4. The van der Waals surface area contributed by atoms with E-state index in [2.05, 4.69) is 10.5 Å². The Bertz CT molecular complexity index is 590. The smallest absolute Gasteiger partial charge is 0.303 e. The molecule has 1 aromatic carbocycles. The normalized spacial score (nSPS) is 10.5. The number of aliphatic carboxylic acids is 1. The van der Waals surface area contributed by atoms with Crippen molar-refractivity contribution < 1.29 is 28.9 Å². The molecular weight excluding hydrogens is 328 g/mol. The summed E-state index contributed by atoms with van der Waals surface area (Å²) in [5.74, 6) is 0.423. The zero-order chi connectivity index (χ0) is 18.7. The molecule has 0 aliphatic heterocycles. The molecule has 1 aromatic rings. The van der Waals surface area contributed by atoms with Gasteiger partial charge in [0, 0.05) is 18.4 Å². The number of carbonyl (C=O) groups is 2. The van der Waals surface area contributed by atoms with Gasteiger partial charge >= 0.3 is 5.97 Å². The Labute approximate surface area is 146 Å². The van der Waals surface area contributed by atoms with Crippen LogP contribution in [0.3, 0.4) is 0 Å². The van der Waals surface area contributed by atoms with Crippen molar-refractivity contribution in [1.29, 1.82) is 0 Å². The Morgan fingerprint density at radius 1 is 1.04 bits per heavy atom. The van der Waals surface area contributed by atoms with Crippen molar-refractivity contribution in [1.82, 2.24) is 5.43 Å². The minimum Gasteiger partial charge on any atom is -0.493 e. The summed E-state index contributed by atoms with van der Waals surface area (Å²) in [5.41, 5.74) is 3.11. The molecule has 1 amide bonds. The number of ether oxygens (including phenoxy) is 3. The Morgan fingerprint density at radius 3 is 2.16 bits per heavy atom. The zero-order valence-electron chi connectivity index (χ0n) is 14.7. The van der Waals surface area contributed by atoms with Gasteiger partial charge in [0.1, 0.15) is 0 Å². The van der Waals surface area contributed by atoms with Crippen LogP contribution in [0.25, 0.3) is 0 Å².